The molecule has 440 valence electrons. The van der Waals surface area contributed by atoms with Gasteiger partial charge in [0.1, 0.15) is 0 Å². The Hall–Kier alpha value is -12.7. The number of aliphatic hydroxyl groups is 1. The maximum atomic E-state index is 14.8. The van der Waals surface area contributed by atoms with Crippen LogP contribution in [0.25, 0.3) is 0 Å². The van der Waals surface area contributed by atoms with E-state index in [2.05, 4.69) is 18.9 Å². The molecule has 39 heteroatoms. The summed E-state index contributed by atoms with van der Waals surface area (Å²) in [5.41, 5.74) is -44.5. The summed E-state index contributed by atoms with van der Waals surface area (Å²) < 4.78 is 22.1. The molecule has 0 bridgehead atoms. The van der Waals surface area contributed by atoms with Crippen LogP contribution in [-0.4, -0.2) is 205 Å². The molecule has 3 aromatic carbocycles. The van der Waals surface area contributed by atoms with Crippen LogP contribution in [0.4, 0.5) is 0 Å². The van der Waals surface area contributed by atoms with Crippen LogP contribution in [0, 0.1) is 0 Å². The third-order valence-corrected chi connectivity index (χ3v) is 10.2. The van der Waals surface area contributed by atoms with E-state index >= 15 is 0 Å². The number of aliphatic carboxylic acids is 1. The van der Waals surface area contributed by atoms with Crippen LogP contribution in [0.1, 0.15) is 213 Å². The van der Waals surface area contributed by atoms with Gasteiger partial charge >= 0.3 is 125 Å². The zero-order chi connectivity index (χ0) is 64.6. The van der Waals surface area contributed by atoms with E-state index < -0.39 is 258 Å². The molecule has 0 aromatic heterocycles. The van der Waals surface area contributed by atoms with E-state index in [1.807, 2.05) is 0 Å². The molecule has 0 fully saturated rings. The first-order valence-electron chi connectivity index (χ1n) is 21.1. The van der Waals surface area contributed by atoms with Gasteiger partial charge in [0, 0.05) is 20.0 Å². The van der Waals surface area contributed by atoms with Crippen molar-refractivity contribution >= 4 is 125 Å². The van der Waals surface area contributed by atoms with Gasteiger partial charge in [-0.2, -0.15) is 0 Å². The second-order valence-corrected chi connectivity index (χ2v) is 15.2. The maximum absolute atomic E-state index is 14.8. The van der Waals surface area contributed by atoms with E-state index in [-0.39, 0.29) is 6.92 Å². The minimum absolute atomic E-state index is 0.237. The average Bonchev–Trinajstić information content (AvgIpc) is 1.19. The van der Waals surface area contributed by atoms with Crippen molar-refractivity contribution in [3.63, 3.8) is 0 Å². The highest BCUT2D eigenvalue weighted by atomic mass is 16.6. The van der Waals surface area contributed by atoms with Crippen molar-refractivity contribution in [2.24, 2.45) is 0 Å². The SMILES string of the molecule is CC(=O)OC(=O)c1c(C(=O)O)c(C(=O)OCCCO)c(C(=O)OC(=O)CCC(=O)O)c(C(=O)OC(=O)c2c(C(=O)O)c(C(=O)O)c(C(=O)O)c(C(=O)O)c2C(=O)O)c1C(=O)OC(=O)c1c(C(=O)O)c(C(=O)O)c(C(=O)O)c(C(=O)O)c1C(=O)O. The predicted molar refractivity (Wildman–Crippen MR) is 241 cm³/mol. The summed E-state index contributed by atoms with van der Waals surface area (Å²) >= 11 is 0. The lowest BCUT2D eigenvalue weighted by Gasteiger charge is -2.22. The maximum Gasteiger partial charge on any atom is 0.347 e. The molecule has 0 unspecified atom stereocenters. The quantitative estimate of drug-likeness (QED) is 0.0225. The van der Waals surface area contributed by atoms with Gasteiger partial charge in [0.15, 0.2) is 0 Å². The van der Waals surface area contributed by atoms with Gasteiger partial charge in [0.2, 0.25) is 0 Å². The highest BCUT2D eigenvalue weighted by Gasteiger charge is 2.48. The van der Waals surface area contributed by atoms with Crippen molar-refractivity contribution in [3.05, 3.63) is 100 Å². The number of ether oxygens (including phenoxy) is 5. The number of aromatic carboxylic acids is 11. The minimum atomic E-state index is -3.30. The molecule has 3 rings (SSSR count). The van der Waals surface area contributed by atoms with Crippen molar-refractivity contribution in [1.82, 2.24) is 0 Å². The Morgan fingerprint density at radius 2 is 0.476 bits per heavy atom. The molecule has 0 aliphatic carbocycles. The summed E-state index contributed by atoms with van der Waals surface area (Å²) in [7, 11) is 0. The highest BCUT2D eigenvalue weighted by Crippen LogP contribution is 2.37. The Kier molecular flexibility index (Phi) is 20.2. The number of hydrogen-bond acceptors (Lipinski definition) is 27. The Bertz CT molecular complexity index is 3570. The monoisotopic (exact) mass is 1190 g/mol. The molecule has 0 radical (unpaired) electrons. The van der Waals surface area contributed by atoms with Crippen LogP contribution in [0.2, 0.25) is 0 Å². The van der Waals surface area contributed by atoms with Crippen LogP contribution in [0.15, 0.2) is 0 Å². The third-order valence-electron chi connectivity index (χ3n) is 10.2. The first-order chi connectivity index (χ1) is 38.8. The predicted octanol–water partition coefficient (Wildman–Crippen LogP) is -0.848. The summed E-state index contributed by atoms with van der Waals surface area (Å²) in [5, 5.41) is 129. The van der Waals surface area contributed by atoms with E-state index in [1.54, 1.807) is 0 Å². The van der Waals surface area contributed by atoms with E-state index in [4.69, 9.17) is 9.84 Å². The van der Waals surface area contributed by atoms with Crippen LogP contribution >= 0.6 is 0 Å². The number of carbonyl (C=O) groups is 21. The van der Waals surface area contributed by atoms with Gasteiger partial charge in [-0.1, -0.05) is 0 Å². The van der Waals surface area contributed by atoms with Crippen molar-refractivity contribution in [3.8, 4) is 0 Å². The van der Waals surface area contributed by atoms with Crippen molar-refractivity contribution in [2.45, 2.75) is 26.2 Å². The lowest BCUT2D eigenvalue weighted by Crippen LogP contribution is -2.34. The van der Waals surface area contributed by atoms with Crippen molar-refractivity contribution < 1.29 is 191 Å². The van der Waals surface area contributed by atoms with Gasteiger partial charge in [-0.05, 0) is 0 Å². The number of aliphatic hydroxyl groups excluding tert-OH is 1. The number of carbonyl (C=O) groups excluding carboxylic acids is 9. The summed E-state index contributed by atoms with van der Waals surface area (Å²) in [6.07, 6.45) is -3.60. The molecule has 0 saturated carbocycles. The van der Waals surface area contributed by atoms with Crippen molar-refractivity contribution in [1.29, 1.82) is 0 Å². The fourth-order valence-corrected chi connectivity index (χ4v) is 7.30. The van der Waals surface area contributed by atoms with Gasteiger partial charge < -0.3 is 90.1 Å². The number of carboxylic acid groups (broad SMARTS) is 12. The molecule has 0 amide bonds. The topological polar surface area (TPSA) is 668 Å². The standard InChI is InChI=1S/C45H26O39/c1-7(47)81-40(74)24-20(38(71)72)23(39(73)80-6-2-5-46)25(41(75)82-9(50)4-3-8(48)49)27(45(79)84-43(77)22-18(36(67)68)14(32(59)60)11(29(53)54)15(33(61)62)19(22)37(69)70)26(24)44(78)83-42(76)21-16(34(63)64)12(30(55)56)10(28(51)52)13(31(57)58)17(21)35(65)66/h46H,2-6H2,1H3,(H,48,49)(H,51,52)(H,53,54)(H,55,56)(H,57,58)(H,59,60)(H,61,62)(H,63,64)(H,65,66)(H,67,68)(H,69,70)(H,71,72). The normalized spacial score (nSPS) is 10.4. The van der Waals surface area contributed by atoms with Crippen LogP contribution in [-0.2, 0) is 38.1 Å². The van der Waals surface area contributed by atoms with Gasteiger partial charge in [-0.15, -0.1) is 0 Å². The first-order valence-corrected chi connectivity index (χ1v) is 21.1. The zero-order valence-corrected chi connectivity index (χ0v) is 40.5. The number of rotatable bonds is 24. The fraction of sp³-hybridized carbons (Fsp3) is 0.133. The first kappa shape index (κ1) is 65.6. The summed E-state index contributed by atoms with van der Waals surface area (Å²) in [6.45, 7) is -1.95. The van der Waals surface area contributed by atoms with E-state index in [0.717, 1.165) is 0 Å². The van der Waals surface area contributed by atoms with Gasteiger partial charge in [-0.25, -0.2) is 86.3 Å². The summed E-state index contributed by atoms with van der Waals surface area (Å²) in [5.74, 6) is -59.0. The number of hydrogen-bond donors (Lipinski definition) is 13. The number of benzene rings is 3. The smallest absolute Gasteiger partial charge is 0.347 e. The van der Waals surface area contributed by atoms with Gasteiger partial charge in [0.25, 0.3) is 0 Å². The summed E-state index contributed by atoms with van der Waals surface area (Å²) in [6, 6.07) is 0. The second-order valence-electron chi connectivity index (χ2n) is 15.2. The average molecular weight is 1190 g/mol. The lowest BCUT2D eigenvalue weighted by atomic mass is 9.85. The highest BCUT2D eigenvalue weighted by molar-refractivity contribution is 6.30. The molecule has 0 heterocycles. The van der Waals surface area contributed by atoms with Crippen LogP contribution < -0.4 is 0 Å². The molecule has 3 aromatic rings. The van der Waals surface area contributed by atoms with Crippen molar-refractivity contribution in [2.75, 3.05) is 13.2 Å². The fourth-order valence-electron chi connectivity index (χ4n) is 7.30. The molecular weight excluding hydrogens is 1160 g/mol. The molecular formula is C45H26O39. The zero-order valence-electron chi connectivity index (χ0n) is 40.5. The Balaban J connectivity index is 3.00. The molecule has 0 saturated heterocycles. The molecule has 13 N–H and O–H groups in total. The number of carboxylic acids is 12. The third kappa shape index (κ3) is 13.1. The van der Waals surface area contributed by atoms with Crippen LogP contribution in [0.3, 0.4) is 0 Å². The Labute approximate surface area is 455 Å². The molecule has 0 aliphatic heterocycles. The van der Waals surface area contributed by atoms with Gasteiger partial charge in [-0.3, -0.25) is 14.4 Å². The number of esters is 9. The Morgan fingerprint density at radius 1 is 0.274 bits per heavy atom. The Morgan fingerprint density at radius 3 is 0.714 bits per heavy atom. The van der Waals surface area contributed by atoms with E-state index in [0.29, 0.717) is 0 Å². The molecule has 0 atom stereocenters. The lowest BCUT2D eigenvalue weighted by molar-refractivity contribution is -0.144. The van der Waals surface area contributed by atoms with E-state index in [9.17, 15) is 162 Å². The summed E-state index contributed by atoms with van der Waals surface area (Å²) in [4.78, 5) is 275. The van der Waals surface area contributed by atoms with Gasteiger partial charge in [0.05, 0.1) is 120 Å². The van der Waals surface area contributed by atoms with Crippen LogP contribution in [0.5, 0.6) is 0 Å². The van der Waals surface area contributed by atoms with E-state index in [1.165, 1.54) is 0 Å². The second kappa shape index (κ2) is 25.8. The minimum Gasteiger partial charge on any atom is -0.481 e. The molecule has 39 nitrogen and oxygen atoms in total. The largest absolute Gasteiger partial charge is 0.481 e. The molecule has 0 spiro atoms. The molecule has 0 aliphatic rings. The molecule has 84 heavy (non-hydrogen) atoms.